The van der Waals surface area contributed by atoms with Gasteiger partial charge in [0.25, 0.3) is 11.8 Å². The van der Waals surface area contributed by atoms with Gasteiger partial charge < -0.3 is 24.9 Å². The fraction of sp³-hybridized carbons (Fsp3) is 0.357. The third-order valence-electron chi connectivity index (χ3n) is 6.71. The standard InChI is InChI=1S/C28H30N6O6/c1-14(2)24(25(36)27-33-32-23(40-27)9-17-7-5-6-15(3)8-17)31-22(35)12-34-19-11-21-20(38-13-39-21)10-18(19)16(4)30-26(29)28(34)37/h5-8,10-11,14,24,26H,9,12-13,29H2,1-4H3,(H,31,35)/t24-,26-/m1/s1. The summed E-state index contributed by atoms with van der Waals surface area (Å²) in [7, 11) is 0. The fourth-order valence-corrected chi connectivity index (χ4v) is 4.67. The maximum absolute atomic E-state index is 13.3. The molecule has 12 nitrogen and oxygen atoms in total. The molecule has 12 heteroatoms. The van der Waals surface area contributed by atoms with Gasteiger partial charge in [0.2, 0.25) is 24.4 Å². The summed E-state index contributed by atoms with van der Waals surface area (Å²) in [5.41, 5.74) is 9.59. The van der Waals surface area contributed by atoms with Crippen molar-refractivity contribution in [3.05, 3.63) is 64.9 Å². The molecule has 5 rings (SSSR count). The van der Waals surface area contributed by atoms with Crippen molar-refractivity contribution in [3.8, 4) is 11.5 Å². The zero-order valence-corrected chi connectivity index (χ0v) is 22.6. The first kappa shape index (κ1) is 27.0. The van der Waals surface area contributed by atoms with Gasteiger partial charge in [-0.15, -0.1) is 10.2 Å². The van der Waals surface area contributed by atoms with Crippen molar-refractivity contribution in [2.75, 3.05) is 18.2 Å². The van der Waals surface area contributed by atoms with Crippen molar-refractivity contribution >= 4 is 29.0 Å². The highest BCUT2D eigenvalue weighted by atomic mass is 16.7. The number of aryl methyl sites for hydroxylation is 1. The molecule has 0 radical (unpaired) electrons. The summed E-state index contributed by atoms with van der Waals surface area (Å²) < 4.78 is 16.6. The lowest BCUT2D eigenvalue weighted by atomic mass is 9.99. The van der Waals surface area contributed by atoms with Crippen LogP contribution in [0.2, 0.25) is 0 Å². The third-order valence-corrected chi connectivity index (χ3v) is 6.71. The smallest absolute Gasteiger partial charge is 0.286 e. The molecular formula is C28H30N6O6. The number of amides is 2. The number of Topliss-reactive ketones (excluding diaryl/α,β-unsaturated/α-hetero) is 1. The van der Waals surface area contributed by atoms with Crippen LogP contribution in [0.3, 0.4) is 0 Å². The Kier molecular flexibility index (Phi) is 7.35. The highest BCUT2D eigenvalue weighted by Gasteiger charge is 2.34. The van der Waals surface area contributed by atoms with E-state index in [0.717, 1.165) is 11.1 Å². The normalized spacial score (nSPS) is 16.9. The molecular weight excluding hydrogens is 516 g/mol. The first-order valence-electron chi connectivity index (χ1n) is 12.9. The Morgan fingerprint density at radius 1 is 1.12 bits per heavy atom. The topological polar surface area (TPSA) is 162 Å². The van der Waals surface area contributed by atoms with Gasteiger partial charge in [0.05, 0.1) is 18.2 Å². The number of hydrogen-bond donors (Lipinski definition) is 2. The van der Waals surface area contributed by atoms with E-state index in [4.69, 9.17) is 19.6 Å². The number of carbonyl (C=O) groups is 3. The van der Waals surface area contributed by atoms with E-state index >= 15 is 0 Å². The molecule has 2 amide bonds. The molecule has 0 aliphatic carbocycles. The Morgan fingerprint density at radius 2 is 1.88 bits per heavy atom. The lowest BCUT2D eigenvalue weighted by Crippen LogP contribution is -2.51. The van der Waals surface area contributed by atoms with Crippen LogP contribution in [0, 0.1) is 12.8 Å². The van der Waals surface area contributed by atoms with Gasteiger partial charge in [0, 0.05) is 17.3 Å². The Labute approximate surface area is 230 Å². The lowest BCUT2D eigenvalue weighted by molar-refractivity contribution is -0.124. The van der Waals surface area contributed by atoms with Crippen LogP contribution in [-0.4, -0.2) is 59.1 Å². The van der Waals surface area contributed by atoms with Crippen molar-refractivity contribution in [1.82, 2.24) is 15.5 Å². The predicted octanol–water partition coefficient (Wildman–Crippen LogP) is 2.16. The van der Waals surface area contributed by atoms with Crippen molar-refractivity contribution in [3.63, 3.8) is 0 Å². The molecule has 0 saturated heterocycles. The zero-order valence-electron chi connectivity index (χ0n) is 22.6. The molecule has 2 aliphatic rings. The number of rotatable bonds is 8. The molecule has 2 aromatic carbocycles. The zero-order chi connectivity index (χ0) is 28.6. The number of nitrogens with one attached hydrogen (secondary N) is 1. The Hall–Kier alpha value is -4.58. The van der Waals surface area contributed by atoms with E-state index in [-0.39, 0.29) is 24.5 Å². The first-order valence-corrected chi connectivity index (χ1v) is 12.9. The number of hydrogen-bond acceptors (Lipinski definition) is 10. The van der Waals surface area contributed by atoms with Gasteiger partial charge in [0.1, 0.15) is 6.54 Å². The van der Waals surface area contributed by atoms with Crippen molar-refractivity contribution in [2.24, 2.45) is 16.6 Å². The third kappa shape index (κ3) is 5.43. The van der Waals surface area contributed by atoms with Crippen LogP contribution in [0.25, 0.3) is 0 Å². The SMILES string of the molecule is CC1=N[C@@H](N)C(=O)N(CC(=O)N[C@@H](C(=O)c2nnc(Cc3cccc(C)c3)o2)C(C)C)c2cc3c(cc21)OCO3. The van der Waals surface area contributed by atoms with Crippen LogP contribution >= 0.6 is 0 Å². The largest absolute Gasteiger partial charge is 0.454 e. The highest BCUT2D eigenvalue weighted by molar-refractivity contribution is 6.13. The average Bonchev–Trinajstić information content (AvgIpc) is 3.56. The van der Waals surface area contributed by atoms with Crippen molar-refractivity contribution in [1.29, 1.82) is 0 Å². The van der Waals surface area contributed by atoms with Crippen LogP contribution in [0.4, 0.5) is 5.69 Å². The van der Waals surface area contributed by atoms with Gasteiger partial charge in [-0.05, 0) is 31.4 Å². The van der Waals surface area contributed by atoms with Gasteiger partial charge in [-0.2, -0.15) is 0 Å². The van der Waals surface area contributed by atoms with Crippen LogP contribution in [-0.2, 0) is 16.0 Å². The van der Waals surface area contributed by atoms with Gasteiger partial charge in [0.15, 0.2) is 17.7 Å². The minimum absolute atomic E-state index is 0.0446. The lowest BCUT2D eigenvalue weighted by Gasteiger charge is -2.26. The van der Waals surface area contributed by atoms with Crippen molar-refractivity contribution < 1.29 is 28.3 Å². The van der Waals surface area contributed by atoms with Crippen LogP contribution in [0.5, 0.6) is 11.5 Å². The van der Waals surface area contributed by atoms with Crippen LogP contribution in [0.1, 0.15) is 54.0 Å². The molecule has 2 atom stereocenters. The minimum Gasteiger partial charge on any atom is -0.454 e. The molecule has 1 aromatic heterocycles. The summed E-state index contributed by atoms with van der Waals surface area (Å²) >= 11 is 0. The molecule has 0 spiro atoms. The molecule has 3 heterocycles. The number of nitrogens with two attached hydrogens (primary N) is 1. The number of nitrogens with zero attached hydrogens (tertiary/aromatic N) is 4. The van der Waals surface area contributed by atoms with E-state index in [0.29, 0.717) is 34.9 Å². The summed E-state index contributed by atoms with van der Waals surface area (Å²) in [6.45, 7) is 6.92. The summed E-state index contributed by atoms with van der Waals surface area (Å²) in [6, 6.07) is 10.2. The second-order valence-electron chi connectivity index (χ2n) is 10.1. The summed E-state index contributed by atoms with van der Waals surface area (Å²) in [5, 5.41) is 10.7. The van der Waals surface area contributed by atoms with E-state index in [1.807, 2.05) is 31.2 Å². The minimum atomic E-state index is -1.20. The number of aromatic nitrogens is 2. The Balaban J connectivity index is 1.33. The van der Waals surface area contributed by atoms with Gasteiger partial charge >= 0.3 is 0 Å². The molecule has 2 aliphatic heterocycles. The molecule has 3 aromatic rings. The van der Waals surface area contributed by atoms with E-state index in [9.17, 15) is 14.4 Å². The molecule has 0 bridgehead atoms. The molecule has 0 fully saturated rings. The van der Waals surface area contributed by atoms with Gasteiger partial charge in [-0.3, -0.25) is 24.3 Å². The quantitative estimate of drug-likeness (QED) is 0.403. The Bertz CT molecular complexity index is 1510. The highest BCUT2D eigenvalue weighted by Crippen LogP contribution is 2.39. The van der Waals surface area contributed by atoms with Gasteiger partial charge in [-0.25, -0.2) is 0 Å². The average molecular weight is 547 g/mol. The first-order chi connectivity index (χ1) is 19.1. The van der Waals surface area contributed by atoms with E-state index in [1.165, 1.54) is 4.90 Å². The van der Waals surface area contributed by atoms with E-state index in [1.54, 1.807) is 32.9 Å². The number of benzene rings is 2. The molecule has 0 saturated carbocycles. The number of carbonyl (C=O) groups excluding carboxylic acids is 3. The predicted molar refractivity (Wildman–Crippen MR) is 144 cm³/mol. The van der Waals surface area contributed by atoms with Crippen molar-refractivity contribution in [2.45, 2.75) is 46.3 Å². The molecule has 3 N–H and O–H groups in total. The second-order valence-corrected chi connectivity index (χ2v) is 10.1. The molecule has 40 heavy (non-hydrogen) atoms. The van der Waals surface area contributed by atoms with Crippen LogP contribution < -0.4 is 25.4 Å². The number of fused-ring (bicyclic) bond motifs is 2. The number of aliphatic imine (C=N–C) groups is 1. The molecule has 208 valence electrons. The monoisotopic (exact) mass is 546 g/mol. The summed E-state index contributed by atoms with van der Waals surface area (Å²) in [4.78, 5) is 45.3. The maximum atomic E-state index is 13.3. The van der Waals surface area contributed by atoms with Gasteiger partial charge in [-0.1, -0.05) is 43.7 Å². The summed E-state index contributed by atoms with van der Waals surface area (Å²) in [5.74, 6) is -0.937. The van der Waals surface area contributed by atoms with E-state index in [2.05, 4.69) is 20.5 Å². The summed E-state index contributed by atoms with van der Waals surface area (Å²) in [6.07, 6.45) is -0.832. The molecule has 0 unspecified atom stereocenters. The van der Waals surface area contributed by atoms with E-state index < -0.39 is 36.3 Å². The Morgan fingerprint density at radius 3 is 2.60 bits per heavy atom. The maximum Gasteiger partial charge on any atom is 0.286 e. The number of ketones is 1. The fourth-order valence-electron chi connectivity index (χ4n) is 4.67. The van der Waals surface area contributed by atoms with Crippen LogP contribution in [0.15, 0.2) is 45.8 Å². The number of ether oxygens (including phenoxy) is 2. The number of anilines is 1. The second kappa shape index (κ2) is 10.9.